The molecule has 0 aliphatic carbocycles. The minimum Gasteiger partial charge on any atom is -0.496 e. The molecule has 0 bridgehead atoms. The van der Waals surface area contributed by atoms with E-state index >= 15 is 0 Å². The fourth-order valence-electron chi connectivity index (χ4n) is 2.80. The molecule has 0 aliphatic heterocycles. The molecule has 2 aromatic carbocycles. The Balaban J connectivity index is 2.08. The average Bonchev–Trinajstić information content (AvgIpc) is 2.65. The molecule has 0 saturated carbocycles. The lowest BCUT2D eigenvalue weighted by Crippen LogP contribution is -2.39. The number of carbonyl (C=O) groups is 1. The van der Waals surface area contributed by atoms with Crippen molar-refractivity contribution >= 4 is 17.5 Å². The van der Waals surface area contributed by atoms with Crippen molar-refractivity contribution in [3.63, 3.8) is 0 Å². The minimum atomic E-state index is -0.551. The first-order chi connectivity index (χ1) is 12.5. The number of ether oxygens (including phenoxy) is 2. The summed E-state index contributed by atoms with van der Waals surface area (Å²) >= 11 is 5.89. The first kappa shape index (κ1) is 20.1. The number of carbonyl (C=O) groups excluding carboxylic acids is 1. The lowest BCUT2D eigenvalue weighted by Gasteiger charge is -2.23. The van der Waals surface area contributed by atoms with Gasteiger partial charge in [0.25, 0.3) is 5.91 Å². The molecular weight excluding hydrogens is 350 g/mol. The van der Waals surface area contributed by atoms with Crippen LogP contribution in [-0.4, -0.2) is 19.1 Å². The Morgan fingerprint density at radius 2 is 1.81 bits per heavy atom. The first-order valence-corrected chi connectivity index (χ1v) is 9.23. The number of hydrogen-bond donors (Lipinski definition) is 1. The predicted octanol–water partition coefficient (Wildman–Crippen LogP) is 5.08. The van der Waals surface area contributed by atoms with E-state index in [1.165, 1.54) is 0 Å². The summed E-state index contributed by atoms with van der Waals surface area (Å²) in [5, 5.41) is 3.73. The number of nitrogens with one attached hydrogen (secondary N) is 1. The Morgan fingerprint density at radius 1 is 1.12 bits per heavy atom. The molecule has 0 aliphatic rings. The van der Waals surface area contributed by atoms with E-state index in [2.05, 4.69) is 5.32 Å². The molecule has 5 heteroatoms. The Labute approximate surface area is 160 Å². The molecule has 0 aromatic heterocycles. The van der Waals surface area contributed by atoms with Crippen LogP contribution >= 0.6 is 11.6 Å². The molecule has 0 heterocycles. The zero-order chi connectivity index (χ0) is 19.1. The van der Waals surface area contributed by atoms with Crippen LogP contribution in [-0.2, 0) is 4.79 Å². The molecule has 26 heavy (non-hydrogen) atoms. The number of hydrogen-bond acceptors (Lipinski definition) is 3. The third kappa shape index (κ3) is 5.15. The highest BCUT2D eigenvalue weighted by molar-refractivity contribution is 6.30. The Bertz CT molecular complexity index is 731. The van der Waals surface area contributed by atoms with Gasteiger partial charge in [-0.1, -0.05) is 37.6 Å². The standard InChI is InChI=1S/C21H26ClNO3/c1-5-18(15-7-12-20(25-4)14(3)13-15)23-21(24)19(6-2)26-17-10-8-16(22)9-11-17/h7-13,18-19H,5-6H2,1-4H3,(H,23,24)/t18-,19+/m0/s1. The van der Waals surface area contributed by atoms with Crippen LogP contribution in [0.2, 0.25) is 5.02 Å². The SMILES string of the molecule is CC[C@H](NC(=O)[C@@H](CC)Oc1ccc(Cl)cc1)c1ccc(OC)c(C)c1. The third-order valence-electron chi connectivity index (χ3n) is 4.30. The van der Waals surface area contributed by atoms with E-state index in [-0.39, 0.29) is 11.9 Å². The van der Waals surface area contributed by atoms with Crippen LogP contribution in [0.15, 0.2) is 42.5 Å². The van der Waals surface area contributed by atoms with Gasteiger partial charge in [-0.25, -0.2) is 0 Å². The van der Waals surface area contributed by atoms with Crippen molar-refractivity contribution in [3.05, 3.63) is 58.6 Å². The van der Waals surface area contributed by atoms with E-state index in [0.717, 1.165) is 23.3 Å². The zero-order valence-electron chi connectivity index (χ0n) is 15.7. The topological polar surface area (TPSA) is 47.6 Å². The summed E-state index contributed by atoms with van der Waals surface area (Å²) in [5.41, 5.74) is 2.10. The van der Waals surface area contributed by atoms with E-state index < -0.39 is 6.10 Å². The molecular formula is C21H26ClNO3. The second-order valence-electron chi connectivity index (χ2n) is 6.17. The smallest absolute Gasteiger partial charge is 0.261 e. The quantitative estimate of drug-likeness (QED) is 0.699. The van der Waals surface area contributed by atoms with Gasteiger partial charge < -0.3 is 14.8 Å². The first-order valence-electron chi connectivity index (χ1n) is 8.85. The molecule has 1 amide bonds. The fraction of sp³-hybridized carbons (Fsp3) is 0.381. The summed E-state index contributed by atoms with van der Waals surface area (Å²) in [6.45, 7) is 5.97. The van der Waals surface area contributed by atoms with E-state index in [0.29, 0.717) is 17.2 Å². The molecule has 4 nitrogen and oxygen atoms in total. The van der Waals surface area contributed by atoms with Crippen molar-refractivity contribution < 1.29 is 14.3 Å². The van der Waals surface area contributed by atoms with E-state index in [9.17, 15) is 4.79 Å². The van der Waals surface area contributed by atoms with Crippen LogP contribution in [0.4, 0.5) is 0 Å². The minimum absolute atomic E-state index is 0.0741. The Hall–Kier alpha value is -2.20. The van der Waals surface area contributed by atoms with Gasteiger partial charge in [0, 0.05) is 5.02 Å². The monoisotopic (exact) mass is 375 g/mol. The summed E-state index contributed by atoms with van der Waals surface area (Å²) in [6.07, 6.45) is 0.811. The van der Waals surface area contributed by atoms with Gasteiger partial charge in [0.1, 0.15) is 11.5 Å². The van der Waals surface area contributed by atoms with E-state index in [1.54, 1.807) is 31.4 Å². The molecule has 0 radical (unpaired) electrons. The normalized spacial score (nSPS) is 13.0. The number of amides is 1. The number of aryl methyl sites for hydroxylation is 1. The molecule has 2 atom stereocenters. The highest BCUT2D eigenvalue weighted by atomic mass is 35.5. The van der Waals surface area contributed by atoms with Gasteiger partial charge in [-0.2, -0.15) is 0 Å². The molecule has 0 unspecified atom stereocenters. The van der Waals surface area contributed by atoms with Gasteiger partial charge in [-0.05, 0) is 61.2 Å². The molecule has 1 N–H and O–H groups in total. The predicted molar refractivity (Wildman–Crippen MR) is 105 cm³/mol. The summed E-state index contributed by atoms with van der Waals surface area (Å²) in [5.74, 6) is 1.35. The summed E-state index contributed by atoms with van der Waals surface area (Å²) in [6, 6.07) is 12.9. The van der Waals surface area contributed by atoms with Crippen LogP contribution in [0.3, 0.4) is 0 Å². The van der Waals surface area contributed by atoms with Crippen molar-refractivity contribution in [1.82, 2.24) is 5.32 Å². The Morgan fingerprint density at radius 3 is 2.35 bits per heavy atom. The maximum Gasteiger partial charge on any atom is 0.261 e. The number of rotatable bonds is 8. The molecule has 0 saturated heterocycles. The highest BCUT2D eigenvalue weighted by Crippen LogP contribution is 2.25. The van der Waals surface area contributed by atoms with Crippen molar-refractivity contribution in [1.29, 1.82) is 0 Å². The number of benzene rings is 2. The molecule has 140 valence electrons. The Kier molecular flexibility index (Phi) is 7.34. The molecule has 2 rings (SSSR count). The van der Waals surface area contributed by atoms with Crippen molar-refractivity contribution in [3.8, 4) is 11.5 Å². The lowest BCUT2D eigenvalue weighted by atomic mass is 10.0. The largest absolute Gasteiger partial charge is 0.496 e. The molecule has 2 aromatic rings. The van der Waals surface area contributed by atoms with Gasteiger partial charge >= 0.3 is 0 Å². The van der Waals surface area contributed by atoms with Gasteiger partial charge in [-0.15, -0.1) is 0 Å². The van der Waals surface area contributed by atoms with Crippen molar-refractivity contribution in [2.24, 2.45) is 0 Å². The lowest BCUT2D eigenvalue weighted by molar-refractivity contribution is -0.128. The van der Waals surface area contributed by atoms with Crippen molar-refractivity contribution in [2.45, 2.75) is 45.8 Å². The van der Waals surface area contributed by atoms with Crippen LogP contribution in [0.5, 0.6) is 11.5 Å². The van der Waals surface area contributed by atoms with Gasteiger partial charge in [0.05, 0.1) is 13.2 Å². The van der Waals surface area contributed by atoms with Crippen LogP contribution in [0.25, 0.3) is 0 Å². The molecule has 0 fully saturated rings. The second kappa shape index (κ2) is 9.48. The maximum atomic E-state index is 12.7. The number of halogens is 1. The highest BCUT2D eigenvalue weighted by Gasteiger charge is 2.22. The van der Waals surface area contributed by atoms with Crippen LogP contribution in [0, 0.1) is 6.92 Å². The van der Waals surface area contributed by atoms with Crippen molar-refractivity contribution in [2.75, 3.05) is 7.11 Å². The summed E-state index contributed by atoms with van der Waals surface area (Å²) < 4.78 is 11.1. The molecule has 0 spiro atoms. The average molecular weight is 376 g/mol. The zero-order valence-corrected chi connectivity index (χ0v) is 16.5. The van der Waals surface area contributed by atoms with E-state index in [1.807, 2.05) is 39.0 Å². The van der Waals surface area contributed by atoms with Gasteiger partial charge in [-0.3, -0.25) is 4.79 Å². The number of methoxy groups -OCH3 is 1. The van der Waals surface area contributed by atoms with Crippen LogP contribution in [0.1, 0.15) is 43.9 Å². The van der Waals surface area contributed by atoms with Gasteiger partial charge in [0.2, 0.25) is 0 Å². The summed E-state index contributed by atoms with van der Waals surface area (Å²) in [4.78, 5) is 12.7. The fourth-order valence-corrected chi connectivity index (χ4v) is 2.93. The maximum absolute atomic E-state index is 12.7. The summed E-state index contributed by atoms with van der Waals surface area (Å²) in [7, 11) is 1.65. The van der Waals surface area contributed by atoms with Crippen LogP contribution < -0.4 is 14.8 Å². The van der Waals surface area contributed by atoms with Gasteiger partial charge in [0.15, 0.2) is 6.10 Å². The second-order valence-corrected chi connectivity index (χ2v) is 6.60. The third-order valence-corrected chi connectivity index (χ3v) is 4.55. The van der Waals surface area contributed by atoms with E-state index in [4.69, 9.17) is 21.1 Å².